The van der Waals surface area contributed by atoms with Crippen LogP contribution in [0, 0.1) is 0 Å². The molecule has 0 aliphatic heterocycles. The Hall–Kier alpha value is -1.48. The number of aryl methyl sites for hydroxylation is 3. The van der Waals surface area contributed by atoms with Crippen LogP contribution in [0.25, 0.3) is 11.0 Å². The third-order valence-corrected chi connectivity index (χ3v) is 4.12. The predicted molar refractivity (Wildman–Crippen MR) is 78.2 cm³/mol. The Morgan fingerprint density at radius 3 is 3.05 bits per heavy atom. The maximum atomic E-state index is 11.2. The topological polar surface area (TPSA) is 39.4 Å². The highest BCUT2D eigenvalue weighted by Gasteiger charge is 2.21. The fraction of sp³-hybridized carbons (Fsp3) is 0.438. The van der Waals surface area contributed by atoms with E-state index in [1.165, 1.54) is 12.7 Å². The molecule has 1 aromatic carbocycles. The second kappa shape index (κ2) is 5.49. The molecule has 0 fully saturated rings. The van der Waals surface area contributed by atoms with Crippen LogP contribution in [0.1, 0.15) is 36.1 Å². The molecule has 0 unspecified atom stereocenters. The Balaban J connectivity index is 1.88. The van der Waals surface area contributed by atoms with E-state index < -0.39 is 0 Å². The van der Waals surface area contributed by atoms with Crippen molar-refractivity contribution in [3.05, 3.63) is 34.0 Å². The summed E-state index contributed by atoms with van der Waals surface area (Å²) in [6, 6.07) is 3.94. The number of furan rings is 1. The zero-order chi connectivity index (χ0) is 14.1. The maximum Gasteiger partial charge on any atom is 0.305 e. The first-order valence-corrected chi connectivity index (χ1v) is 7.36. The molecule has 3 rings (SSSR count). The summed E-state index contributed by atoms with van der Waals surface area (Å²) >= 11 is 6.22. The van der Waals surface area contributed by atoms with Gasteiger partial charge in [-0.2, -0.15) is 0 Å². The number of halogens is 1. The van der Waals surface area contributed by atoms with Gasteiger partial charge in [-0.25, -0.2) is 0 Å². The van der Waals surface area contributed by atoms with Gasteiger partial charge in [0.25, 0.3) is 0 Å². The summed E-state index contributed by atoms with van der Waals surface area (Å²) in [5.41, 5.74) is 3.35. The Bertz CT molecular complexity index is 657. The van der Waals surface area contributed by atoms with Crippen molar-refractivity contribution in [3.8, 4) is 0 Å². The van der Waals surface area contributed by atoms with Gasteiger partial charge in [0, 0.05) is 28.8 Å². The summed E-state index contributed by atoms with van der Waals surface area (Å²) in [4.78, 5) is 11.2. The fourth-order valence-corrected chi connectivity index (χ4v) is 3.18. The van der Waals surface area contributed by atoms with E-state index in [0.29, 0.717) is 6.42 Å². The molecule has 3 nitrogen and oxygen atoms in total. The van der Waals surface area contributed by atoms with Gasteiger partial charge in [-0.05, 0) is 43.4 Å². The molecule has 0 atom stereocenters. The quantitative estimate of drug-likeness (QED) is 0.797. The third kappa shape index (κ3) is 2.42. The SMILES string of the molecule is COC(=O)CCCc1cc(Cl)cc2c3c(oc12)CCC3. The van der Waals surface area contributed by atoms with E-state index >= 15 is 0 Å². The number of carbonyl (C=O) groups excluding carboxylic acids is 1. The number of carbonyl (C=O) groups is 1. The van der Waals surface area contributed by atoms with Crippen molar-refractivity contribution in [2.45, 2.75) is 38.5 Å². The molecule has 1 aromatic heterocycles. The molecule has 0 saturated heterocycles. The zero-order valence-corrected chi connectivity index (χ0v) is 12.3. The van der Waals surface area contributed by atoms with Crippen LogP contribution in [-0.4, -0.2) is 13.1 Å². The largest absolute Gasteiger partial charge is 0.469 e. The summed E-state index contributed by atoms with van der Waals surface area (Å²) in [7, 11) is 1.41. The van der Waals surface area contributed by atoms with Crippen molar-refractivity contribution in [3.63, 3.8) is 0 Å². The number of esters is 1. The van der Waals surface area contributed by atoms with E-state index in [2.05, 4.69) is 4.74 Å². The van der Waals surface area contributed by atoms with Gasteiger partial charge < -0.3 is 9.15 Å². The van der Waals surface area contributed by atoms with E-state index in [9.17, 15) is 4.79 Å². The van der Waals surface area contributed by atoms with Crippen molar-refractivity contribution in [1.29, 1.82) is 0 Å². The monoisotopic (exact) mass is 292 g/mol. The standard InChI is InChI=1S/C16H17ClO3/c1-19-15(18)7-2-4-10-8-11(17)9-13-12-5-3-6-14(12)20-16(10)13/h8-9H,2-7H2,1H3. The average molecular weight is 293 g/mol. The van der Waals surface area contributed by atoms with E-state index in [0.717, 1.165) is 59.4 Å². The van der Waals surface area contributed by atoms with Gasteiger partial charge in [-0.3, -0.25) is 4.79 Å². The van der Waals surface area contributed by atoms with Crippen LogP contribution in [0.3, 0.4) is 0 Å². The first kappa shape index (κ1) is 13.5. The number of rotatable bonds is 4. The first-order chi connectivity index (χ1) is 9.69. The van der Waals surface area contributed by atoms with Crippen LogP contribution in [-0.2, 0) is 28.8 Å². The number of methoxy groups -OCH3 is 1. The molecule has 4 heteroatoms. The molecular formula is C16H17ClO3. The second-order valence-electron chi connectivity index (χ2n) is 5.23. The van der Waals surface area contributed by atoms with E-state index in [1.54, 1.807) is 0 Å². The number of benzene rings is 1. The van der Waals surface area contributed by atoms with Crippen molar-refractivity contribution in [2.24, 2.45) is 0 Å². The Labute approximate surface area is 122 Å². The van der Waals surface area contributed by atoms with Crippen LogP contribution in [0.4, 0.5) is 0 Å². The minimum absolute atomic E-state index is 0.176. The van der Waals surface area contributed by atoms with Gasteiger partial charge in [0.05, 0.1) is 7.11 Å². The van der Waals surface area contributed by atoms with Gasteiger partial charge in [-0.1, -0.05) is 11.6 Å². The number of fused-ring (bicyclic) bond motifs is 3. The lowest BCUT2D eigenvalue weighted by atomic mass is 10.0. The van der Waals surface area contributed by atoms with Crippen molar-refractivity contribution in [2.75, 3.05) is 7.11 Å². The summed E-state index contributed by atoms with van der Waals surface area (Å²) < 4.78 is 10.7. The molecule has 0 spiro atoms. The van der Waals surface area contributed by atoms with Gasteiger partial charge in [0.2, 0.25) is 0 Å². The van der Waals surface area contributed by atoms with E-state index in [-0.39, 0.29) is 5.97 Å². The Morgan fingerprint density at radius 1 is 1.40 bits per heavy atom. The molecular weight excluding hydrogens is 276 g/mol. The number of hydrogen-bond donors (Lipinski definition) is 0. The summed E-state index contributed by atoms with van der Waals surface area (Å²) in [6.07, 6.45) is 5.19. The van der Waals surface area contributed by atoms with Crippen LogP contribution < -0.4 is 0 Å². The molecule has 1 aliphatic carbocycles. The predicted octanol–water partition coefficient (Wildman–Crippen LogP) is 4.07. The molecule has 1 heterocycles. The maximum absolute atomic E-state index is 11.2. The average Bonchev–Trinajstić information content (AvgIpc) is 3.00. The second-order valence-corrected chi connectivity index (χ2v) is 5.67. The molecule has 2 aromatic rings. The minimum atomic E-state index is -0.176. The molecule has 20 heavy (non-hydrogen) atoms. The summed E-state index contributed by atoms with van der Waals surface area (Å²) in [6.45, 7) is 0. The Morgan fingerprint density at radius 2 is 2.25 bits per heavy atom. The third-order valence-electron chi connectivity index (χ3n) is 3.90. The van der Waals surface area contributed by atoms with Crippen LogP contribution in [0.15, 0.2) is 16.5 Å². The minimum Gasteiger partial charge on any atom is -0.469 e. The van der Waals surface area contributed by atoms with Crippen LogP contribution >= 0.6 is 11.6 Å². The van der Waals surface area contributed by atoms with Gasteiger partial charge in [-0.15, -0.1) is 0 Å². The van der Waals surface area contributed by atoms with Crippen molar-refractivity contribution < 1.29 is 13.9 Å². The fourth-order valence-electron chi connectivity index (χ4n) is 2.94. The highest BCUT2D eigenvalue weighted by Crippen LogP contribution is 2.36. The first-order valence-electron chi connectivity index (χ1n) is 6.98. The lowest BCUT2D eigenvalue weighted by molar-refractivity contribution is -0.140. The molecule has 0 amide bonds. The lowest BCUT2D eigenvalue weighted by Crippen LogP contribution is -2.00. The lowest BCUT2D eigenvalue weighted by Gasteiger charge is -2.04. The number of ether oxygens (including phenoxy) is 1. The van der Waals surface area contributed by atoms with E-state index in [4.69, 9.17) is 16.0 Å². The zero-order valence-electron chi connectivity index (χ0n) is 11.5. The Kier molecular flexibility index (Phi) is 3.70. The smallest absolute Gasteiger partial charge is 0.305 e. The van der Waals surface area contributed by atoms with Crippen LogP contribution in [0.2, 0.25) is 5.02 Å². The normalized spacial score (nSPS) is 13.7. The summed E-state index contributed by atoms with van der Waals surface area (Å²) in [5, 5.41) is 1.89. The van der Waals surface area contributed by atoms with Gasteiger partial charge in [0.1, 0.15) is 11.3 Å². The molecule has 0 saturated carbocycles. The van der Waals surface area contributed by atoms with E-state index in [1.807, 2.05) is 12.1 Å². The van der Waals surface area contributed by atoms with Crippen LogP contribution in [0.5, 0.6) is 0 Å². The highest BCUT2D eigenvalue weighted by molar-refractivity contribution is 6.31. The van der Waals surface area contributed by atoms with Gasteiger partial charge >= 0.3 is 5.97 Å². The molecule has 106 valence electrons. The highest BCUT2D eigenvalue weighted by atomic mass is 35.5. The molecule has 0 bridgehead atoms. The molecule has 0 N–H and O–H groups in total. The molecule has 1 aliphatic rings. The van der Waals surface area contributed by atoms with Crippen molar-refractivity contribution in [1.82, 2.24) is 0 Å². The van der Waals surface area contributed by atoms with Gasteiger partial charge in [0.15, 0.2) is 0 Å². The number of hydrogen-bond acceptors (Lipinski definition) is 3. The molecule has 0 radical (unpaired) electrons. The summed E-state index contributed by atoms with van der Waals surface area (Å²) in [5.74, 6) is 0.932. The van der Waals surface area contributed by atoms with Crippen molar-refractivity contribution >= 4 is 28.5 Å².